The quantitative estimate of drug-likeness (QED) is 0.487. The number of halogens is 1. The fourth-order valence-corrected chi connectivity index (χ4v) is 3.62. The smallest absolute Gasteiger partial charge is 0.251 e. The number of epoxide rings is 1. The number of nitrogens with one attached hydrogen (secondary N) is 2. The fourth-order valence-electron chi connectivity index (χ4n) is 3.38. The lowest BCUT2D eigenvalue weighted by atomic mass is 9.96. The van der Waals surface area contributed by atoms with Gasteiger partial charge in [0.1, 0.15) is 24.0 Å². The van der Waals surface area contributed by atoms with Crippen molar-refractivity contribution in [1.29, 1.82) is 0 Å². The van der Waals surface area contributed by atoms with E-state index >= 15 is 0 Å². The number of benzene rings is 1. The minimum absolute atomic E-state index is 0.0867. The van der Waals surface area contributed by atoms with Gasteiger partial charge in [0.05, 0.1) is 19.3 Å². The van der Waals surface area contributed by atoms with E-state index in [1.807, 2.05) is 18.2 Å². The van der Waals surface area contributed by atoms with Crippen LogP contribution in [-0.4, -0.2) is 64.8 Å². The number of pyridine rings is 1. The lowest BCUT2D eigenvalue weighted by molar-refractivity contribution is -0.0467. The summed E-state index contributed by atoms with van der Waals surface area (Å²) < 4.78 is 11.2. The van der Waals surface area contributed by atoms with Crippen LogP contribution in [0.15, 0.2) is 48.8 Å². The second kappa shape index (κ2) is 8.35. The molecule has 154 valence electrons. The van der Waals surface area contributed by atoms with Crippen molar-refractivity contribution in [2.75, 3.05) is 19.7 Å². The second-order valence-electron chi connectivity index (χ2n) is 7.22. The molecule has 4 rings (SSSR count). The first-order valence-electron chi connectivity index (χ1n) is 9.31. The molecule has 9 heteroatoms. The minimum Gasteiger partial charge on any atom is -0.387 e. The molecule has 29 heavy (non-hydrogen) atoms. The number of hydrogen-bond donors (Lipinski definition) is 4. The molecule has 1 amide bonds. The molecule has 8 nitrogen and oxygen atoms in total. The maximum Gasteiger partial charge on any atom is 0.251 e. The molecule has 3 heterocycles. The lowest BCUT2D eigenvalue weighted by Gasteiger charge is -2.26. The molecule has 2 aromatic rings. The van der Waals surface area contributed by atoms with Crippen LogP contribution in [0.25, 0.3) is 0 Å². The van der Waals surface area contributed by atoms with Crippen molar-refractivity contribution in [2.45, 2.75) is 30.1 Å². The van der Waals surface area contributed by atoms with Gasteiger partial charge in [-0.25, -0.2) is 0 Å². The van der Waals surface area contributed by atoms with Crippen molar-refractivity contribution in [2.24, 2.45) is 0 Å². The van der Waals surface area contributed by atoms with E-state index in [0.29, 0.717) is 10.6 Å². The molecule has 2 saturated heterocycles. The van der Waals surface area contributed by atoms with Crippen LogP contribution in [0.2, 0.25) is 5.02 Å². The molecule has 0 saturated carbocycles. The summed E-state index contributed by atoms with van der Waals surface area (Å²) in [7, 11) is 0. The zero-order chi connectivity index (χ0) is 20.4. The zero-order valence-electron chi connectivity index (χ0n) is 15.5. The van der Waals surface area contributed by atoms with E-state index in [1.165, 1.54) is 12.4 Å². The lowest BCUT2D eigenvalue weighted by Crippen LogP contribution is -2.53. The number of amides is 1. The highest BCUT2D eigenvalue weighted by Gasteiger charge is 2.49. The molecule has 0 radical (unpaired) electrons. The van der Waals surface area contributed by atoms with Gasteiger partial charge < -0.3 is 25.0 Å². The third-order valence-electron chi connectivity index (χ3n) is 5.17. The van der Waals surface area contributed by atoms with Crippen LogP contribution in [0, 0.1) is 0 Å². The molecular weight excluding hydrogens is 398 g/mol. The van der Waals surface area contributed by atoms with Crippen molar-refractivity contribution in [3.8, 4) is 0 Å². The van der Waals surface area contributed by atoms with Crippen LogP contribution in [-0.2, 0) is 9.47 Å². The molecule has 0 bridgehead atoms. The monoisotopic (exact) mass is 419 g/mol. The Morgan fingerprint density at radius 1 is 1.28 bits per heavy atom. The summed E-state index contributed by atoms with van der Waals surface area (Å²) in [6.07, 6.45) is 0.842. The molecule has 2 aliphatic rings. The molecule has 5 atom stereocenters. The van der Waals surface area contributed by atoms with Crippen LogP contribution in [0.4, 0.5) is 0 Å². The number of ether oxygens (including phenoxy) is 2. The maximum absolute atomic E-state index is 12.1. The van der Waals surface area contributed by atoms with Crippen LogP contribution < -0.4 is 10.6 Å². The van der Waals surface area contributed by atoms with Gasteiger partial charge in [-0.2, -0.15) is 0 Å². The van der Waals surface area contributed by atoms with Gasteiger partial charge in [0, 0.05) is 35.1 Å². The highest BCUT2D eigenvalue weighted by atomic mass is 35.5. The first-order chi connectivity index (χ1) is 14.0. The summed E-state index contributed by atoms with van der Waals surface area (Å²) in [5.41, 5.74) is -0.247. The Morgan fingerprint density at radius 2 is 2.03 bits per heavy atom. The number of aliphatic hydroxyl groups is 2. The van der Waals surface area contributed by atoms with Crippen molar-refractivity contribution >= 4 is 17.5 Å². The second-order valence-corrected chi connectivity index (χ2v) is 7.63. The van der Waals surface area contributed by atoms with Gasteiger partial charge in [-0.05, 0) is 18.2 Å². The fraction of sp³-hybridized carbons (Fsp3) is 0.400. The summed E-state index contributed by atoms with van der Waals surface area (Å²) in [5.74, 6) is -0.358. The van der Waals surface area contributed by atoms with Gasteiger partial charge in [0.15, 0.2) is 0 Å². The minimum atomic E-state index is -1.57. The average Bonchev–Trinajstić information content (AvgIpc) is 3.46. The predicted molar refractivity (Wildman–Crippen MR) is 104 cm³/mol. The van der Waals surface area contributed by atoms with Crippen LogP contribution in [0.1, 0.15) is 22.0 Å². The first kappa shape index (κ1) is 20.2. The normalized spacial score (nSPS) is 30.9. The van der Waals surface area contributed by atoms with Gasteiger partial charge in [0.2, 0.25) is 0 Å². The third-order valence-corrected chi connectivity index (χ3v) is 5.52. The Balaban J connectivity index is 1.26. The van der Waals surface area contributed by atoms with Gasteiger partial charge in [0.25, 0.3) is 5.91 Å². The van der Waals surface area contributed by atoms with Crippen molar-refractivity contribution < 1.29 is 24.5 Å². The van der Waals surface area contributed by atoms with E-state index in [0.717, 1.165) is 5.56 Å². The summed E-state index contributed by atoms with van der Waals surface area (Å²) in [6.45, 7) is 0.0675. The number of aromatic nitrogens is 1. The molecule has 0 spiro atoms. The molecule has 0 aliphatic carbocycles. The van der Waals surface area contributed by atoms with Crippen molar-refractivity contribution in [3.63, 3.8) is 0 Å². The van der Waals surface area contributed by atoms with E-state index in [1.54, 1.807) is 18.2 Å². The zero-order valence-corrected chi connectivity index (χ0v) is 16.2. The molecule has 1 aromatic heterocycles. The van der Waals surface area contributed by atoms with Gasteiger partial charge >= 0.3 is 0 Å². The van der Waals surface area contributed by atoms with E-state index in [9.17, 15) is 15.0 Å². The maximum atomic E-state index is 12.1. The number of hydrogen-bond acceptors (Lipinski definition) is 7. The van der Waals surface area contributed by atoms with E-state index in [4.69, 9.17) is 21.1 Å². The highest BCUT2D eigenvalue weighted by molar-refractivity contribution is 6.31. The highest BCUT2D eigenvalue weighted by Crippen LogP contribution is 2.40. The largest absolute Gasteiger partial charge is 0.387 e. The topological polar surface area (TPSA) is 116 Å². The summed E-state index contributed by atoms with van der Waals surface area (Å²) in [4.78, 5) is 16.0. The van der Waals surface area contributed by atoms with E-state index in [2.05, 4.69) is 15.6 Å². The molecule has 2 aliphatic heterocycles. The van der Waals surface area contributed by atoms with E-state index in [-0.39, 0.29) is 37.9 Å². The third kappa shape index (κ3) is 4.42. The average molecular weight is 420 g/mol. The van der Waals surface area contributed by atoms with Gasteiger partial charge in [-0.3, -0.25) is 15.1 Å². The number of aliphatic hydroxyl groups excluding tert-OH is 1. The molecule has 2 unspecified atom stereocenters. The number of carbonyl (C=O) groups is 1. The summed E-state index contributed by atoms with van der Waals surface area (Å²) in [5, 5.41) is 27.6. The Morgan fingerprint density at radius 3 is 2.79 bits per heavy atom. The Kier molecular flexibility index (Phi) is 5.82. The Labute approximate surface area is 172 Å². The molecule has 2 fully saturated rings. The van der Waals surface area contributed by atoms with Crippen LogP contribution in [0.3, 0.4) is 0 Å². The molecule has 4 N–H and O–H groups in total. The van der Waals surface area contributed by atoms with Crippen LogP contribution in [0.5, 0.6) is 0 Å². The van der Waals surface area contributed by atoms with Crippen molar-refractivity contribution in [1.82, 2.24) is 15.6 Å². The molecular formula is C20H22ClN3O5. The molecule has 1 aromatic carbocycles. The summed E-state index contributed by atoms with van der Waals surface area (Å²) >= 11 is 6.17. The number of nitrogens with zero attached hydrogens (tertiary/aromatic N) is 1. The Bertz CT molecular complexity index is 870. The van der Waals surface area contributed by atoms with Crippen molar-refractivity contribution in [3.05, 3.63) is 64.9 Å². The number of rotatable bonds is 7. The van der Waals surface area contributed by atoms with Gasteiger partial charge in [-0.15, -0.1) is 0 Å². The standard InChI is InChI=1S/C20H22ClN3O5/c21-14-4-2-1-3-13(14)16-19(29-16)23-9-15-17(25)20(27,11-28-15)10-24-18(26)12-5-7-22-8-6-12/h1-8,15-17,19,23,25,27H,9-11H2,(H,24,26)/t15-,16?,17-,19?,20+/m1/s1. The SMILES string of the molecule is O=C(NC[C@]1(O)CO[C@H](CNC2OC2c2ccccc2Cl)[C@H]1O)c1ccncc1. The Hall–Kier alpha value is -2.07. The van der Waals surface area contributed by atoms with Crippen LogP contribution >= 0.6 is 11.6 Å². The van der Waals surface area contributed by atoms with E-state index < -0.39 is 17.8 Å². The first-order valence-corrected chi connectivity index (χ1v) is 9.69. The predicted octanol–water partition coefficient (Wildman–Crippen LogP) is 0.643. The van der Waals surface area contributed by atoms with Gasteiger partial charge in [-0.1, -0.05) is 29.8 Å². The summed E-state index contributed by atoms with van der Waals surface area (Å²) in [6, 6.07) is 10.6. The number of carbonyl (C=O) groups excluding carboxylic acids is 1.